The number of nitrogens with zero attached hydrogens (tertiary/aromatic N) is 1. The largest absolute Gasteiger partial charge is 0.493 e. The van der Waals surface area contributed by atoms with E-state index in [0.717, 1.165) is 0 Å². The summed E-state index contributed by atoms with van der Waals surface area (Å²) in [6.07, 6.45) is -3.54. The third-order valence-electron chi connectivity index (χ3n) is 3.97. The van der Waals surface area contributed by atoms with E-state index in [2.05, 4.69) is 5.32 Å². The first kappa shape index (κ1) is 18.4. The van der Waals surface area contributed by atoms with Crippen molar-refractivity contribution < 1.29 is 27.4 Å². The summed E-state index contributed by atoms with van der Waals surface area (Å²) < 4.78 is 47.4. The summed E-state index contributed by atoms with van der Waals surface area (Å²) in [5.41, 5.74) is 0.415. The average Bonchev–Trinajstić information content (AvgIpc) is 2.97. The van der Waals surface area contributed by atoms with E-state index in [-0.39, 0.29) is 11.8 Å². The van der Waals surface area contributed by atoms with Crippen molar-refractivity contribution in [2.24, 2.45) is 5.92 Å². The van der Waals surface area contributed by atoms with E-state index < -0.39 is 12.7 Å². The zero-order valence-corrected chi connectivity index (χ0v) is 13.7. The lowest BCUT2D eigenvalue weighted by Gasteiger charge is -2.18. The first-order valence-electron chi connectivity index (χ1n) is 7.61. The molecule has 0 aliphatic carbocycles. The first-order valence-corrected chi connectivity index (χ1v) is 7.61. The number of rotatable bonds is 6. The zero-order chi connectivity index (χ0) is 17.7. The number of carbonyl (C=O) groups is 1. The Kier molecular flexibility index (Phi) is 5.93. The Hall–Kier alpha value is -1.96. The van der Waals surface area contributed by atoms with Crippen LogP contribution in [0.1, 0.15) is 16.8 Å². The van der Waals surface area contributed by atoms with Crippen LogP contribution < -0.4 is 14.8 Å². The van der Waals surface area contributed by atoms with Crippen LogP contribution in [0.4, 0.5) is 13.2 Å². The fraction of sp³-hybridized carbons (Fsp3) is 0.562. The molecule has 1 saturated heterocycles. The highest BCUT2D eigenvalue weighted by molar-refractivity contribution is 5.94. The number of likely N-dealkylation sites (tertiary alicyclic amines) is 1. The Bertz CT molecular complexity index is 578. The van der Waals surface area contributed by atoms with Gasteiger partial charge in [-0.3, -0.25) is 9.69 Å². The van der Waals surface area contributed by atoms with Crippen LogP contribution in [-0.2, 0) is 0 Å². The first-order chi connectivity index (χ1) is 11.3. The van der Waals surface area contributed by atoms with Crippen LogP contribution in [-0.4, -0.2) is 57.4 Å². The number of methoxy groups -OCH3 is 2. The van der Waals surface area contributed by atoms with Crippen LogP contribution in [0.5, 0.6) is 11.5 Å². The number of benzene rings is 1. The Morgan fingerprint density at radius 1 is 1.29 bits per heavy atom. The maximum atomic E-state index is 12.4. The Balaban J connectivity index is 1.86. The van der Waals surface area contributed by atoms with Gasteiger partial charge in [0.25, 0.3) is 5.91 Å². The molecule has 0 bridgehead atoms. The molecule has 0 aromatic heterocycles. The molecule has 1 fully saturated rings. The molecule has 0 spiro atoms. The van der Waals surface area contributed by atoms with Gasteiger partial charge in [-0.1, -0.05) is 0 Å². The van der Waals surface area contributed by atoms with Gasteiger partial charge in [0.1, 0.15) is 0 Å². The molecule has 5 nitrogen and oxygen atoms in total. The van der Waals surface area contributed by atoms with E-state index in [1.165, 1.54) is 19.1 Å². The molecule has 1 aliphatic rings. The second-order valence-electron chi connectivity index (χ2n) is 5.78. The van der Waals surface area contributed by atoms with Crippen LogP contribution in [0.25, 0.3) is 0 Å². The van der Waals surface area contributed by atoms with E-state index >= 15 is 0 Å². The third-order valence-corrected chi connectivity index (χ3v) is 3.97. The number of carbonyl (C=O) groups excluding carboxylic acids is 1. The van der Waals surface area contributed by atoms with Gasteiger partial charge >= 0.3 is 6.18 Å². The highest BCUT2D eigenvalue weighted by Crippen LogP contribution is 2.27. The lowest BCUT2D eigenvalue weighted by atomic mass is 10.1. The van der Waals surface area contributed by atoms with Gasteiger partial charge in [0, 0.05) is 18.7 Å². The van der Waals surface area contributed by atoms with Crippen molar-refractivity contribution in [2.75, 3.05) is 40.4 Å². The van der Waals surface area contributed by atoms with Crippen LogP contribution in [0.15, 0.2) is 18.2 Å². The molecule has 1 aromatic rings. The summed E-state index contributed by atoms with van der Waals surface area (Å²) in [5, 5.41) is 2.77. The predicted octanol–water partition coefficient (Wildman–Crippen LogP) is 2.32. The molecule has 134 valence electrons. The Morgan fingerprint density at radius 3 is 2.62 bits per heavy atom. The number of halogens is 3. The van der Waals surface area contributed by atoms with Gasteiger partial charge in [-0.15, -0.1) is 0 Å². The molecule has 1 aromatic carbocycles. The molecule has 1 atom stereocenters. The van der Waals surface area contributed by atoms with Crippen molar-refractivity contribution in [3.05, 3.63) is 23.8 Å². The Morgan fingerprint density at radius 2 is 2.00 bits per heavy atom. The summed E-state index contributed by atoms with van der Waals surface area (Å²) in [4.78, 5) is 13.5. The van der Waals surface area contributed by atoms with E-state index in [0.29, 0.717) is 43.1 Å². The van der Waals surface area contributed by atoms with Crippen LogP contribution in [0, 0.1) is 5.92 Å². The lowest BCUT2D eigenvalue weighted by Crippen LogP contribution is -2.34. The molecular formula is C16H21F3N2O3. The molecule has 2 rings (SSSR count). The minimum Gasteiger partial charge on any atom is -0.493 e. The summed E-state index contributed by atoms with van der Waals surface area (Å²) in [7, 11) is 2.98. The fourth-order valence-electron chi connectivity index (χ4n) is 2.79. The lowest BCUT2D eigenvalue weighted by molar-refractivity contribution is -0.143. The molecule has 0 unspecified atom stereocenters. The predicted molar refractivity (Wildman–Crippen MR) is 82.5 cm³/mol. The number of alkyl halides is 3. The molecule has 8 heteroatoms. The number of nitrogens with one attached hydrogen (secondary N) is 1. The molecule has 1 N–H and O–H groups in total. The second kappa shape index (κ2) is 7.74. The topological polar surface area (TPSA) is 50.8 Å². The normalized spacial score (nSPS) is 18.5. The van der Waals surface area contributed by atoms with Gasteiger partial charge in [-0.2, -0.15) is 13.2 Å². The van der Waals surface area contributed by atoms with E-state index in [9.17, 15) is 18.0 Å². The fourth-order valence-corrected chi connectivity index (χ4v) is 2.79. The monoisotopic (exact) mass is 346 g/mol. The van der Waals surface area contributed by atoms with Crippen molar-refractivity contribution >= 4 is 5.91 Å². The molecule has 1 amide bonds. The van der Waals surface area contributed by atoms with E-state index in [4.69, 9.17) is 9.47 Å². The summed E-state index contributed by atoms with van der Waals surface area (Å²) in [6, 6.07) is 4.81. The summed E-state index contributed by atoms with van der Waals surface area (Å²) >= 11 is 0. The SMILES string of the molecule is COc1ccc(C(=O)NC[C@@H]2CCN(CC(F)(F)F)C2)cc1OC. The van der Waals surface area contributed by atoms with Gasteiger partial charge in [-0.25, -0.2) is 0 Å². The van der Waals surface area contributed by atoms with Crippen LogP contribution in [0.3, 0.4) is 0 Å². The molecule has 1 aliphatic heterocycles. The second-order valence-corrected chi connectivity index (χ2v) is 5.78. The van der Waals surface area contributed by atoms with E-state index in [1.807, 2.05) is 0 Å². The number of hydrogen-bond donors (Lipinski definition) is 1. The number of hydrogen-bond acceptors (Lipinski definition) is 4. The summed E-state index contributed by atoms with van der Waals surface area (Å²) in [6.45, 7) is 0.191. The van der Waals surface area contributed by atoms with Crippen molar-refractivity contribution in [1.82, 2.24) is 10.2 Å². The van der Waals surface area contributed by atoms with Crippen LogP contribution >= 0.6 is 0 Å². The minimum atomic E-state index is -4.18. The molecule has 0 radical (unpaired) electrons. The van der Waals surface area contributed by atoms with Gasteiger partial charge in [0.05, 0.1) is 20.8 Å². The van der Waals surface area contributed by atoms with Gasteiger partial charge in [-0.05, 0) is 37.1 Å². The van der Waals surface area contributed by atoms with Gasteiger partial charge in [0.2, 0.25) is 0 Å². The molecule has 1 heterocycles. The maximum Gasteiger partial charge on any atom is 0.401 e. The van der Waals surface area contributed by atoms with Crippen LogP contribution in [0.2, 0.25) is 0 Å². The van der Waals surface area contributed by atoms with E-state index in [1.54, 1.807) is 18.2 Å². The molecule has 0 saturated carbocycles. The van der Waals surface area contributed by atoms with Crippen molar-refractivity contribution in [3.8, 4) is 11.5 Å². The zero-order valence-electron chi connectivity index (χ0n) is 13.7. The van der Waals surface area contributed by atoms with Crippen molar-refractivity contribution in [1.29, 1.82) is 0 Å². The Labute approximate surface area is 138 Å². The minimum absolute atomic E-state index is 0.0245. The average molecular weight is 346 g/mol. The highest BCUT2D eigenvalue weighted by Gasteiger charge is 2.34. The molecular weight excluding hydrogens is 325 g/mol. The smallest absolute Gasteiger partial charge is 0.401 e. The number of ether oxygens (including phenoxy) is 2. The third kappa shape index (κ3) is 5.02. The summed E-state index contributed by atoms with van der Waals surface area (Å²) in [5.74, 6) is 0.705. The quantitative estimate of drug-likeness (QED) is 0.859. The number of amides is 1. The molecule has 24 heavy (non-hydrogen) atoms. The standard InChI is InChI=1S/C16H21F3N2O3/c1-23-13-4-3-12(7-14(13)24-2)15(22)20-8-11-5-6-21(9-11)10-16(17,18)19/h3-4,7,11H,5-6,8-10H2,1-2H3,(H,20,22)/t11-/m0/s1. The van der Waals surface area contributed by atoms with Gasteiger partial charge < -0.3 is 14.8 Å². The van der Waals surface area contributed by atoms with Crippen molar-refractivity contribution in [2.45, 2.75) is 12.6 Å². The highest BCUT2D eigenvalue weighted by atomic mass is 19.4. The maximum absolute atomic E-state index is 12.4. The van der Waals surface area contributed by atoms with Crippen molar-refractivity contribution in [3.63, 3.8) is 0 Å². The van der Waals surface area contributed by atoms with Gasteiger partial charge in [0.15, 0.2) is 11.5 Å².